The van der Waals surface area contributed by atoms with Gasteiger partial charge in [0.25, 0.3) is 23.6 Å². The number of unbranched alkanes of at least 4 members (excludes halogenated alkanes) is 7. The second-order valence-corrected chi connectivity index (χ2v) is 12.9. The Balaban J connectivity index is 1.04. The van der Waals surface area contributed by atoms with Gasteiger partial charge in [-0.15, -0.1) is 0 Å². The van der Waals surface area contributed by atoms with Gasteiger partial charge >= 0.3 is 0 Å². The van der Waals surface area contributed by atoms with Gasteiger partial charge in [-0.25, -0.2) is 5.48 Å². The number of fused-ring (bicyclic) bond motifs is 1. The largest absolute Gasteiger partial charge is 0.483 e. The first-order valence-corrected chi connectivity index (χ1v) is 17.9. The molecule has 1 saturated heterocycles. The fraction of sp³-hybridized carbons (Fsp3) is 0.459. The Hall–Kier alpha value is -5.64. The molecule has 2 heterocycles. The number of nitrogens with zero attached hydrogens (tertiary/aromatic N) is 1. The molecule has 0 aliphatic carbocycles. The van der Waals surface area contributed by atoms with Gasteiger partial charge in [0.05, 0.1) is 11.1 Å². The van der Waals surface area contributed by atoms with Crippen LogP contribution in [0.1, 0.15) is 115 Å². The number of piperidine rings is 1. The van der Waals surface area contributed by atoms with E-state index >= 15 is 0 Å². The van der Waals surface area contributed by atoms with Crippen LogP contribution in [0.3, 0.4) is 0 Å². The van der Waals surface area contributed by atoms with Crippen LogP contribution in [0.25, 0.3) is 0 Å². The third-order valence-corrected chi connectivity index (χ3v) is 8.86. The topological polar surface area (TPSA) is 229 Å². The molecule has 0 radical (unpaired) electrons. The molecule has 0 saturated carbocycles. The molecule has 1 unspecified atom stereocenters. The molecule has 284 valence electrons. The van der Waals surface area contributed by atoms with E-state index in [1.165, 1.54) is 18.2 Å². The quantitative estimate of drug-likeness (QED) is 0.0475. The zero-order valence-corrected chi connectivity index (χ0v) is 29.5. The van der Waals surface area contributed by atoms with E-state index in [0.717, 1.165) is 49.8 Å². The van der Waals surface area contributed by atoms with Crippen LogP contribution >= 0.6 is 0 Å². The number of anilines is 1. The zero-order valence-electron chi connectivity index (χ0n) is 29.5. The van der Waals surface area contributed by atoms with Gasteiger partial charge in [0.15, 0.2) is 6.61 Å². The normalized spacial score (nSPS) is 15.0. The Bertz CT molecular complexity index is 1680. The van der Waals surface area contributed by atoms with Crippen molar-refractivity contribution in [3.63, 3.8) is 0 Å². The van der Waals surface area contributed by atoms with E-state index in [2.05, 4.69) is 21.3 Å². The van der Waals surface area contributed by atoms with E-state index in [4.69, 9.17) is 9.94 Å². The van der Waals surface area contributed by atoms with Crippen LogP contribution in [0.4, 0.5) is 5.69 Å². The van der Waals surface area contributed by atoms with Gasteiger partial charge < -0.3 is 20.7 Å². The number of rotatable bonds is 21. The van der Waals surface area contributed by atoms with Crippen LogP contribution in [0.5, 0.6) is 5.75 Å². The molecule has 6 N–H and O–H groups in total. The van der Waals surface area contributed by atoms with Crippen molar-refractivity contribution in [1.82, 2.24) is 26.3 Å². The number of ether oxygens (including phenoxy) is 1. The molecule has 0 spiro atoms. The summed E-state index contributed by atoms with van der Waals surface area (Å²) in [5.41, 5.74) is 2.73. The Morgan fingerprint density at radius 1 is 0.755 bits per heavy atom. The summed E-state index contributed by atoms with van der Waals surface area (Å²) in [6.07, 6.45) is 7.76. The SMILES string of the molecule is O=C(CCCCCCNC(=O)c1ccc(NC(=O)CCCCCCCNC(=O)COc2cccc3c2C(=O)N(C2CCC(=O)NC2=O)C3=O)cc1)NO. The van der Waals surface area contributed by atoms with E-state index in [9.17, 15) is 38.4 Å². The Morgan fingerprint density at radius 3 is 2.08 bits per heavy atom. The molecule has 16 nitrogen and oxygen atoms in total. The van der Waals surface area contributed by atoms with Crippen LogP contribution < -0.4 is 31.5 Å². The van der Waals surface area contributed by atoms with Crippen LogP contribution in [-0.2, 0) is 24.0 Å². The molecule has 2 aliphatic heterocycles. The molecule has 16 heteroatoms. The monoisotopic (exact) mass is 734 g/mol. The van der Waals surface area contributed by atoms with E-state index in [1.807, 2.05) is 0 Å². The average Bonchev–Trinajstić information content (AvgIpc) is 3.40. The van der Waals surface area contributed by atoms with E-state index in [-0.39, 0.29) is 54.6 Å². The average molecular weight is 735 g/mol. The van der Waals surface area contributed by atoms with Crippen LogP contribution in [0.2, 0.25) is 0 Å². The summed E-state index contributed by atoms with van der Waals surface area (Å²) in [6.45, 7) is 0.548. The van der Waals surface area contributed by atoms with Gasteiger partial charge in [-0.3, -0.25) is 53.8 Å². The standard InChI is InChI=1S/C37H46N6O10/c44-29(40-25-17-15-24(16-18-25)34(48)39-22-9-5-3-7-14-31(46)42-52)13-6-2-1-4-8-21-38-32(47)23-53-28-12-10-11-26-33(28)37(51)43(36(26)50)27-19-20-30(45)41-35(27)49/h10-12,15-18,27,52H,1-9,13-14,19-23H2,(H,38,47)(H,39,48)(H,40,44)(H,42,46)(H,41,45,49). The van der Waals surface area contributed by atoms with Crippen molar-refractivity contribution < 1.29 is 48.3 Å². The summed E-state index contributed by atoms with van der Waals surface area (Å²) in [5.74, 6) is -3.62. The lowest BCUT2D eigenvalue weighted by atomic mass is 10.0. The van der Waals surface area contributed by atoms with Gasteiger partial charge in [-0.1, -0.05) is 38.2 Å². The van der Waals surface area contributed by atoms with Crippen molar-refractivity contribution >= 4 is 52.9 Å². The van der Waals surface area contributed by atoms with E-state index in [1.54, 1.807) is 29.7 Å². The number of hydrogen-bond acceptors (Lipinski definition) is 10. The van der Waals surface area contributed by atoms with Crippen molar-refractivity contribution in [2.75, 3.05) is 25.0 Å². The molecule has 0 bridgehead atoms. The lowest BCUT2D eigenvalue weighted by Gasteiger charge is -2.27. The lowest BCUT2D eigenvalue weighted by molar-refractivity contribution is -0.136. The van der Waals surface area contributed by atoms with Crippen molar-refractivity contribution in [1.29, 1.82) is 0 Å². The minimum absolute atomic E-state index is 0.00828. The van der Waals surface area contributed by atoms with Crippen molar-refractivity contribution in [3.8, 4) is 5.75 Å². The van der Waals surface area contributed by atoms with Gasteiger partial charge in [0, 0.05) is 43.6 Å². The van der Waals surface area contributed by atoms with E-state index < -0.39 is 41.5 Å². The van der Waals surface area contributed by atoms with Gasteiger partial charge in [-0.05, 0) is 68.5 Å². The smallest absolute Gasteiger partial charge is 0.266 e. The number of benzene rings is 2. The van der Waals surface area contributed by atoms with Crippen molar-refractivity contribution in [3.05, 3.63) is 59.2 Å². The summed E-state index contributed by atoms with van der Waals surface area (Å²) < 4.78 is 5.60. The summed E-state index contributed by atoms with van der Waals surface area (Å²) in [5, 5.41) is 19.1. The highest BCUT2D eigenvalue weighted by atomic mass is 16.5. The summed E-state index contributed by atoms with van der Waals surface area (Å²) in [4.78, 5) is 98.9. The molecule has 0 aromatic heterocycles. The van der Waals surface area contributed by atoms with Crippen molar-refractivity contribution in [2.24, 2.45) is 0 Å². The third-order valence-electron chi connectivity index (χ3n) is 8.86. The number of imide groups is 2. The fourth-order valence-electron chi connectivity index (χ4n) is 6.02. The Labute approximate surface area is 306 Å². The van der Waals surface area contributed by atoms with Crippen LogP contribution in [0, 0.1) is 0 Å². The molecule has 2 aromatic carbocycles. The number of hydroxylamine groups is 1. The molecule has 2 aromatic rings. The number of hydrogen-bond donors (Lipinski definition) is 6. The maximum atomic E-state index is 13.2. The van der Waals surface area contributed by atoms with E-state index in [0.29, 0.717) is 43.6 Å². The predicted molar refractivity (Wildman–Crippen MR) is 190 cm³/mol. The molecule has 4 rings (SSSR count). The molecular formula is C37H46N6O10. The second-order valence-electron chi connectivity index (χ2n) is 12.9. The number of carbonyl (C=O) groups is 8. The fourth-order valence-corrected chi connectivity index (χ4v) is 6.02. The number of amides is 8. The maximum absolute atomic E-state index is 13.2. The van der Waals surface area contributed by atoms with Crippen molar-refractivity contribution in [2.45, 2.75) is 89.5 Å². The number of carbonyl (C=O) groups excluding carboxylic acids is 8. The highest BCUT2D eigenvalue weighted by molar-refractivity contribution is 6.24. The maximum Gasteiger partial charge on any atom is 0.266 e. The molecule has 1 atom stereocenters. The number of nitrogens with one attached hydrogen (secondary N) is 5. The lowest BCUT2D eigenvalue weighted by Crippen LogP contribution is -2.54. The minimum Gasteiger partial charge on any atom is -0.483 e. The molecular weight excluding hydrogens is 688 g/mol. The highest BCUT2D eigenvalue weighted by Gasteiger charge is 2.46. The highest BCUT2D eigenvalue weighted by Crippen LogP contribution is 2.33. The summed E-state index contributed by atoms with van der Waals surface area (Å²) >= 11 is 0. The summed E-state index contributed by atoms with van der Waals surface area (Å²) in [6, 6.07) is 10.0. The first-order valence-electron chi connectivity index (χ1n) is 17.9. The van der Waals surface area contributed by atoms with Crippen LogP contribution in [-0.4, -0.2) is 83.1 Å². The molecule has 53 heavy (non-hydrogen) atoms. The van der Waals surface area contributed by atoms with Crippen LogP contribution in [0.15, 0.2) is 42.5 Å². The minimum atomic E-state index is -1.10. The zero-order chi connectivity index (χ0) is 38.2. The first kappa shape index (κ1) is 40.1. The third kappa shape index (κ3) is 12.0. The van der Waals surface area contributed by atoms with Gasteiger partial charge in [0.2, 0.25) is 23.6 Å². The molecule has 8 amide bonds. The van der Waals surface area contributed by atoms with Gasteiger partial charge in [0.1, 0.15) is 11.8 Å². The Kier molecular flexibility index (Phi) is 15.5. The molecule has 1 fully saturated rings. The van der Waals surface area contributed by atoms with Gasteiger partial charge in [-0.2, -0.15) is 0 Å². The molecule has 2 aliphatic rings. The second kappa shape index (κ2) is 20.4. The predicted octanol–water partition coefficient (Wildman–Crippen LogP) is 2.75. The first-order chi connectivity index (χ1) is 25.6. The summed E-state index contributed by atoms with van der Waals surface area (Å²) in [7, 11) is 0. The Morgan fingerprint density at radius 2 is 1.40 bits per heavy atom.